The fraction of sp³-hybridized carbons (Fsp3) is 1.00. The second-order valence-corrected chi connectivity index (χ2v) is 2.33. The van der Waals surface area contributed by atoms with Crippen LogP contribution in [0.1, 0.15) is 20.8 Å². The van der Waals surface area contributed by atoms with E-state index in [2.05, 4.69) is 18.7 Å². The Morgan fingerprint density at radius 1 is 1.33 bits per heavy atom. The van der Waals surface area contributed by atoms with E-state index in [4.69, 9.17) is 5.11 Å². The van der Waals surface area contributed by atoms with Gasteiger partial charge in [-0.1, -0.05) is 13.8 Å². The van der Waals surface area contributed by atoms with Gasteiger partial charge in [0.15, 0.2) is 0 Å². The molecule has 9 heavy (non-hydrogen) atoms. The fourth-order valence-corrected chi connectivity index (χ4v) is 0.855. The van der Waals surface area contributed by atoms with E-state index in [1.807, 2.05) is 6.92 Å². The molecule has 0 saturated heterocycles. The van der Waals surface area contributed by atoms with Gasteiger partial charge in [-0.05, 0) is 20.0 Å². The first kappa shape index (κ1) is 8.92. The van der Waals surface area contributed by atoms with E-state index in [0.717, 1.165) is 19.6 Å². The van der Waals surface area contributed by atoms with Crippen LogP contribution in [0.3, 0.4) is 0 Å². The lowest BCUT2D eigenvalue weighted by molar-refractivity contribution is 0.133. The molecular formula is C7H17NO. The van der Waals surface area contributed by atoms with E-state index in [1.54, 1.807) is 0 Å². The average Bonchev–Trinajstić information content (AvgIpc) is 1.82. The van der Waals surface area contributed by atoms with Crippen molar-refractivity contribution in [1.82, 2.24) is 4.90 Å². The lowest BCUT2D eigenvalue weighted by atomic mass is 10.3. The van der Waals surface area contributed by atoms with Crippen LogP contribution in [0, 0.1) is 0 Å². The van der Waals surface area contributed by atoms with Crippen LogP contribution in [0.2, 0.25) is 0 Å². The minimum Gasteiger partial charge on any atom is -0.392 e. The minimum absolute atomic E-state index is 0.190. The van der Waals surface area contributed by atoms with Crippen LogP contribution in [0.25, 0.3) is 0 Å². The number of nitrogens with zero attached hydrogens (tertiary/aromatic N) is 1. The number of rotatable bonds is 4. The van der Waals surface area contributed by atoms with Crippen molar-refractivity contribution in [2.75, 3.05) is 19.6 Å². The SMILES string of the molecule is CCN(CC)CC(C)O. The Balaban J connectivity index is 3.31. The molecule has 0 aromatic rings. The van der Waals surface area contributed by atoms with E-state index >= 15 is 0 Å². The smallest absolute Gasteiger partial charge is 0.0639 e. The van der Waals surface area contributed by atoms with Crippen molar-refractivity contribution in [2.45, 2.75) is 26.9 Å². The van der Waals surface area contributed by atoms with Gasteiger partial charge >= 0.3 is 0 Å². The Labute approximate surface area is 57.5 Å². The largest absolute Gasteiger partial charge is 0.392 e. The second-order valence-electron chi connectivity index (χ2n) is 2.33. The van der Waals surface area contributed by atoms with Crippen LogP contribution >= 0.6 is 0 Å². The fourth-order valence-electron chi connectivity index (χ4n) is 0.855. The van der Waals surface area contributed by atoms with Crippen molar-refractivity contribution in [3.8, 4) is 0 Å². The molecular weight excluding hydrogens is 114 g/mol. The third-order valence-corrected chi connectivity index (χ3v) is 1.42. The van der Waals surface area contributed by atoms with Crippen molar-refractivity contribution in [1.29, 1.82) is 0 Å². The molecule has 2 nitrogen and oxygen atoms in total. The molecule has 0 aliphatic carbocycles. The zero-order chi connectivity index (χ0) is 7.28. The van der Waals surface area contributed by atoms with Crippen molar-refractivity contribution >= 4 is 0 Å². The summed E-state index contributed by atoms with van der Waals surface area (Å²) in [6.07, 6.45) is -0.190. The molecule has 56 valence electrons. The van der Waals surface area contributed by atoms with E-state index in [9.17, 15) is 0 Å². The molecule has 0 fully saturated rings. The summed E-state index contributed by atoms with van der Waals surface area (Å²) in [4.78, 5) is 2.20. The van der Waals surface area contributed by atoms with Gasteiger partial charge in [-0.15, -0.1) is 0 Å². The van der Waals surface area contributed by atoms with Crippen molar-refractivity contribution in [3.63, 3.8) is 0 Å². The van der Waals surface area contributed by atoms with Crippen molar-refractivity contribution < 1.29 is 5.11 Å². The van der Waals surface area contributed by atoms with Gasteiger partial charge < -0.3 is 10.0 Å². The third-order valence-electron chi connectivity index (χ3n) is 1.42. The molecule has 0 saturated carbocycles. The Kier molecular flexibility index (Phi) is 4.72. The highest BCUT2D eigenvalue weighted by molar-refractivity contribution is 4.55. The maximum atomic E-state index is 8.94. The van der Waals surface area contributed by atoms with Crippen LogP contribution in [0.5, 0.6) is 0 Å². The standard InChI is InChI=1S/C7H17NO/c1-4-8(5-2)6-7(3)9/h7,9H,4-6H2,1-3H3. The molecule has 0 heterocycles. The van der Waals surface area contributed by atoms with E-state index < -0.39 is 0 Å². The van der Waals surface area contributed by atoms with Gasteiger partial charge in [0.05, 0.1) is 6.10 Å². The average molecular weight is 131 g/mol. The molecule has 0 spiro atoms. The number of hydrogen-bond acceptors (Lipinski definition) is 2. The minimum atomic E-state index is -0.190. The predicted octanol–water partition coefficient (Wildman–Crippen LogP) is 0.709. The monoisotopic (exact) mass is 131 g/mol. The first-order valence-electron chi connectivity index (χ1n) is 3.61. The predicted molar refractivity (Wildman–Crippen MR) is 39.5 cm³/mol. The van der Waals surface area contributed by atoms with Crippen LogP contribution in [-0.4, -0.2) is 35.7 Å². The zero-order valence-corrected chi connectivity index (χ0v) is 6.59. The number of aliphatic hydroxyl groups excluding tert-OH is 1. The van der Waals surface area contributed by atoms with Gasteiger partial charge in [-0.25, -0.2) is 0 Å². The molecule has 1 N–H and O–H groups in total. The number of likely N-dealkylation sites (N-methyl/N-ethyl adjacent to an activating group) is 1. The second kappa shape index (κ2) is 4.77. The molecule has 0 amide bonds. The van der Waals surface area contributed by atoms with Gasteiger partial charge in [-0.2, -0.15) is 0 Å². The summed E-state index contributed by atoms with van der Waals surface area (Å²) in [5, 5.41) is 8.94. The topological polar surface area (TPSA) is 23.5 Å². The summed E-state index contributed by atoms with van der Waals surface area (Å²) >= 11 is 0. The maximum absolute atomic E-state index is 8.94. The highest BCUT2D eigenvalue weighted by Crippen LogP contribution is 1.89. The van der Waals surface area contributed by atoms with Crippen LogP contribution in [0.4, 0.5) is 0 Å². The highest BCUT2D eigenvalue weighted by atomic mass is 16.3. The summed E-state index contributed by atoms with van der Waals surface area (Å²) < 4.78 is 0. The molecule has 2 heteroatoms. The van der Waals surface area contributed by atoms with Gasteiger partial charge in [0.2, 0.25) is 0 Å². The Morgan fingerprint density at radius 2 is 1.78 bits per heavy atom. The first-order chi connectivity index (χ1) is 4.20. The van der Waals surface area contributed by atoms with Crippen molar-refractivity contribution in [2.24, 2.45) is 0 Å². The Hall–Kier alpha value is -0.0800. The number of hydrogen-bond donors (Lipinski definition) is 1. The lowest BCUT2D eigenvalue weighted by Gasteiger charge is -2.18. The molecule has 0 aliphatic heterocycles. The Bertz CT molecular complexity index is 59.9. The van der Waals surface area contributed by atoms with Crippen molar-refractivity contribution in [3.05, 3.63) is 0 Å². The molecule has 0 radical (unpaired) electrons. The molecule has 1 unspecified atom stereocenters. The quantitative estimate of drug-likeness (QED) is 0.607. The molecule has 1 atom stereocenters. The summed E-state index contributed by atoms with van der Waals surface area (Å²) in [6, 6.07) is 0. The maximum Gasteiger partial charge on any atom is 0.0639 e. The Morgan fingerprint density at radius 3 is 1.89 bits per heavy atom. The molecule has 0 aliphatic rings. The molecule has 0 bridgehead atoms. The van der Waals surface area contributed by atoms with Gasteiger partial charge in [-0.3, -0.25) is 0 Å². The summed E-state index contributed by atoms with van der Waals surface area (Å²) in [7, 11) is 0. The molecule has 0 rings (SSSR count). The van der Waals surface area contributed by atoms with Gasteiger partial charge in [0, 0.05) is 6.54 Å². The van der Waals surface area contributed by atoms with E-state index in [-0.39, 0.29) is 6.10 Å². The van der Waals surface area contributed by atoms with Gasteiger partial charge in [0.1, 0.15) is 0 Å². The lowest BCUT2D eigenvalue weighted by Crippen LogP contribution is -2.30. The number of aliphatic hydroxyl groups is 1. The first-order valence-corrected chi connectivity index (χ1v) is 3.61. The summed E-state index contributed by atoms with van der Waals surface area (Å²) in [5.74, 6) is 0. The summed E-state index contributed by atoms with van der Waals surface area (Å²) in [6.45, 7) is 8.88. The highest BCUT2D eigenvalue weighted by Gasteiger charge is 2.01. The third kappa shape index (κ3) is 4.43. The van der Waals surface area contributed by atoms with E-state index in [1.165, 1.54) is 0 Å². The molecule has 0 aromatic carbocycles. The molecule has 0 aromatic heterocycles. The van der Waals surface area contributed by atoms with Gasteiger partial charge in [0.25, 0.3) is 0 Å². The normalized spacial score (nSPS) is 14.3. The summed E-state index contributed by atoms with van der Waals surface area (Å²) in [5.41, 5.74) is 0. The van der Waals surface area contributed by atoms with Crippen LogP contribution in [-0.2, 0) is 0 Å². The zero-order valence-electron chi connectivity index (χ0n) is 6.59. The van der Waals surface area contributed by atoms with Crippen LogP contribution in [0.15, 0.2) is 0 Å². The van der Waals surface area contributed by atoms with Crippen LogP contribution < -0.4 is 0 Å². The van der Waals surface area contributed by atoms with E-state index in [0.29, 0.717) is 0 Å².